The molecule has 0 radical (unpaired) electrons. The maximum atomic E-state index is 5.17. The van der Waals surface area contributed by atoms with Crippen LogP contribution in [0.4, 0.5) is 0 Å². The number of nitrogens with one attached hydrogen (secondary N) is 1. The van der Waals surface area contributed by atoms with Crippen molar-refractivity contribution in [3.63, 3.8) is 0 Å². The monoisotopic (exact) mass is 255 g/mol. The molecule has 0 amide bonds. The van der Waals surface area contributed by atoms with Crippen molar-refractivity contribution in [2.24, 2.45) is 0 Å². The molecule has 0 atom stereocenters. The molecule has 19 heavy (non-hydrogen) atoms. The Hall–Kier alpha value is -1.80. The minimum absolute atomic E-state index is 0.515. The van der Waals surface area contributed by atoms with E-state index >= 15 is 0 Å². The highest BCUT2D eigenvalue weighted by molar-refractivity contribution is 5.64. The van der Waals surface area contributed by atoms with Gasteiger partial charge in [-0.05, 0) is 28.8 Å². The lowest BCUT2D eigenvalue weighted by Crippen LogP contribution is -2.21. The fraction of sp³-hybridized carbons (Fsp3) is 0.294. The average molecular weight is 255 g/mol. The second kappa shape index (κ2) is 6.39. The largest absolute Gasteiger partial charge is 0.497 e. The van der Waals surface area contributed by atoms with E-state index < -0.39 is 0 Å². The van der Waals surface area contributed by atoms with E-state index in [9.17, 15) is 0 Å². The van der Waals surface area contributed by atoms with Crippen LogP contribution in [0, 0.1) is 0 Å². The maximum absolute atomic E-state index is 5.17. The Morgan fingerprint density at radius 2 is 1.42 bits per heavy atom. The van der Waals surface area contributed by atoms with Crippen LogP contribution in [0.25, 0.3) is 11.1 Å². The van der Waals surface area contributed by atoms with Crippen molar-refractivity contribution in [1.82, 2.24) is 5.32 Å². The molecule has 1 N–H and O–H groups in total. The molecule has 0 aliphatic carbocycles. The normalized spacial score (nSPS) is 10.7. The van der Waals surface area contributed by atoms with E-state index in [4.69, 9.17) is 4.74 Å². The van der Waals surface area contributed by atoms with Gasteiger partial charge in [-0.15, -0.1) is 0 Å². The van der Waals surface area contributed by atoms with Crippen LogP contribution >= 0.6 is 0 Å². The van der Waals surface area contributed by atoms with Gasteiger partial charge in [0.15, 0.2) is 0 Å². The molecule has 100 valence electrons. The highest BCUT2D eigenvalue weighted by Crippen LogP contribution is 2.22. The average Bonchev–Trinajstić information content (AvgIpc) is 2.46. The maximum Gasteiger partial charge on any atom is 0.118 e. The van der Waals surface area contributed by atoms with E-state index in [2.05, 4.69) is 55.6 Å². The van der Waals surface area contributed by atoms with Crippen molar-refractivity contribution in [2.45, 2.75) is 26.4 Å². The van der Waals surface area contributed by atoms with E-state index in [0.29, 0.717) is 6.04 Å². The Bertz CT molecular complexity index is 500. The Kier molecular flexibility index (Phi) is 4.58. The molecule has 0 saturated carbocycles. The number of rotatable bonds is 5. The molecule has 0 heterocycles. The summed E-state index contributed by atoms with van der Waals surface area (Å²) in [7, 11) is 1.69. The topological polar surface area (TPSA) is 21.3 Å². The first kappa shape index (κ1) is 13.6. The molecular weight excluding hydrogens is 234 g/mol. The van der Waals surface area contributed by atoms with Crippen LogP contribution in [0.1, 0.15) is 19.4 Å². The standard InChI is InChI=1S/C17H21NO/c1-13(2)18-12-14-4-6-15(7-5-14)16-8-10-17(19-3)11-9-16/h4-11,13,18H,12H2,1-3H3. The van der Waals surface area contributed by atoms with Crippen molar-refractivity contribution in [3.8, 4) is 16.9 Å². The lowest BCUT2D eigenvalue weighted by atomic mass is 10.0. The fourth-order valence-corrected chi connectivity index (χ4v) is 1.92. The van der Waals surface area contributed by atoms with E-state index in [1.807, 2.05) is 12.1 Å². The molecule has 0 saturated heterocycles. The zero-order valence-corrected chi connectivity index (χ0v) is 11.8. The van der Waals surface area contributed by atoms with Crippen LogP contribution in [-0.2, 0) is 6.54 Å². The van der Waals surface area contributed by atoms with E-state index in [0.717, 1.165) is 12.3 Å². The summed E-state index contributed by atoms with van der Waals surface area (Å²) < 4.78 is 5.17. The molecule has 0 bridgehead atoms. The quantitative estimate of drug-likeness (QED) is 0.876. The van der Waals surface area contributed by atoms with Gasteiger partial charge in [0.25, 0.3) is 0 Å². The SMILES string of the molecule is COc1ccc(-c2ccc(CNC(C)C)cc2)cc1. The number of hydrogen-bond acceptors (Lipinski definition) is 2. The summed E-state index contributed by atoms with van der Waals surface area (Å²) in [5, 5.41) is 3.42. The van der Waals surface area contributed by atoms with Gasteiger partial charge in [0.1, 0.15) is 5.75 Å². The van der Waals surface area contributed by atoms with E-state index in [1.54, 1.807) is 7.11 Å². The predicted molar refractivity (Wildman–Crippen MR) is 80.4 cm³/mol. The number of hydrogen-bond donors (Lipinski definition) is 1. The van der Waals surface area contributed by atoms with Crippen molar-refractivity contribution in [2.75, 3.05) is 7.11 Å². The van der Waals surface area contributed by atoms with Crippen LogP contribution in [0.15, 0.2) is 48.5 Å². The predicted octanol–water partition coefficient (Wildman–Crippen LogP) is 3.86. The van der Waals surface area contributed by atoms with Crippen LogP contribution < -0.4 is 10.1 Å². The van der Waals surface area contributed by atoms with Gasteiger partial charge in [0, 0.05) is 12.6 Å². The second-order valence-corrected chi connectivity index (χ2v) is 4.96. The third-order valence-electron chi connectivity index (χ3n) is 3.09. The first-order chi connectivity index (χ1) is 9.19. The summed E-state index contributed by atoms with van der Waals surface area (Å²) in [6.45, 7) is 5.23. The van der Waals surface area contributed by atoms with Crippen molar-refractivity contribution >= 4 is 0 Å². The summed E-state index contributed by atoms with van der Waals surface area (Å²) in [4.78, 5) is 0. The molecule has 0 aromatic heterocycles. The molecule has 2 rings (SSSR count). The highest BCUT2D eigenvalue weighted by Gasteiger charge is 1.99. The molecular formula is C17H21NO. The summed E-state index contributed by atoms with van der Waals surface area (Å²) in [5.41, 5.74) is 3.76. The third kappa shape index (κ3) is 3.83. The van der Waals surface area contributed by atoms with E-state index in [-0.39, 0.29) is 0 Å². The van der Waals surface area contributed by atoms with Gasteiger partial charge in [-0.3, -0.25) is 0 Å². The van der Waals surface area contributed by atoms with Gasteiger partial charge in [-0.25, -0.2) is 0 Å². The number of ether oxygens (including phenoxy) is 1. The minimum Gasteiger partial charge on any atom is -0.497 e. The van der Waals surface area contributed by atoms with Crippen LogP contribution in [0.5, 0.6) is 5.75 Å². The molecule has 2 aromatic rings. The van der Waals surface area contributed by atoms with Crippen molar-refractivity contribution in [1.29, 1.82) is 0 Å². The first-order valence-electron chi connectivity index (χ1n) is 6.66. The Balaban J connectivity index is 2.08. The molecule has 2 heteroatoms. The summed E-state index contributed by atoms with van der Waals surface area (Å²) in [6.07, 6.45) is 0. The lowest BCUT2D eigenvalue weighted by Gasteiger charge is -2.09. The number of benzene rings is 2. The van der Waals surface area contributed by atoms with Gasteiger partial charge in [-0.2, -0.15) is 0 Å². The Morgan fingerprint density at radius 3 is 1.89 bits per heavy atom. The summed E-state index contributed by atoms with van der Waals surface area (Å²) in [5.74, 6) is 0.890. The molecule has 2 aromatic carbocycles. The van der Waals surface area contributed by atoms with Gasteiger partial charge in [0.05, 0.1) is 7.11 Å². The Morgan fingerprint density at radius 1 is 0.895 bits per heavy atom. The summed E-state index contributed by atoms with van der Waals surface area (Å²) in [6, 6.07) is 17.3. The molecule has 0 aliphatic rings. The minimum atomic E-state index is 0.515. The molecule has 2 nitrogen and oxygen atoms in total. The third-order valence-corrected chi connectivity index (χ3v) is 3.09. The van der Waals surface area contributed by atoms with Crippen LogP contribution in [0.2, 0.25) is 0 Å². The zero-order valence-electron chi connectivity index (χ0n) is 11.8. The smallest absolute Gasteiger partial charge is 0.118 e. The molecule has 0 unspecified atom stereocenters. The molecule has 0 aliphatic heterocycles. The van der Waals surface area contributed by atoms with Crippen molar-refractivity contribution in [3.05, 3.63) is 54.1 Å². The van der Waals surface area contributed by atoms with Gasteiger partial charge < -0.3 is 10.1 Å². The first-order valence-corrected chi connectivity index (χ1v) is 6.66. The fourth-order valence-electron chi connectivity index (χ4n) is 1.92. The van der Waals surface area contributed by atoms with Gasteiger partial charge in [0.2, 0.25) is 0 Å². The van der Waals surface area contributed by atoms with Gasteiger partial charge >= 0.3 is 0 Å². The van der Waals surface area contributed by atoms with Gasteiger partial charge in [-0.1, -0.05) is 50.2 Å². The van der Waals surface area contributed by atoms with Crippen molar-refractivity contribution < 1.29 is 4.74 Å². The second-order valence-electron chi connectivity index (χ2n) is 4.96. The molecule has 0 fully saturated rings. The lowest BCUT2D eigenvalue weighted by molar-refractivity contribution is 0.415. The molecule has 0 spiro atoms. The Labute approximate surface area is 115 Å². The van der Waals surface area contributed by atoms with Crippen LogP contribution in [0.3, 0.4) is 0 Å². The van der Waals surface area contributed by atoms with Crippen LogP contribution in [-0.4, -0.2) is 13.2 Å². The highest BCUT2D eigenvalue weighted by atomic mass is 16.5. The number of methoxy groups -OCH3 is 1. The summed E-state index contributed by atoms with van der Waals surface area (Å²) >= 11 is 0. The van der Waals surface area contributed by atoms with E-state index in [1.165, 1.54) is 16.7 Å². The zero-order chi connectivity index (χ0) is 13.7.